The van der Waals surface area contributed by atoms with Gasteiger partial charge in [0, 0.05) is 23.6 Å². The number of hydrogen-bond acceptors (Lipinski definition) is 4. The van der Waals surface area contributed by atoms with Gasteiger partial charge in [-0.15, -0.1) is 0 Å². The second kappa shape index (κ2) is 8.30. The Labute approximate surface area is 178 Å². The monoisotopic (exact) mass is 397 g/mol. The van der Waals surface area contributed by atoms with Crippen molar-refractivity contribution in [2.75, 3.05) is 5.32 Å². The van der Waals surface area contributed by atoms with Gasteiger partial charge in [0.05, 0.1) is 23.5 Å². The number of aromatic nitrogens is 1. The molecule has 30 heavy (non-hydrogen) atoms. The van der Waals surface area contributed by atoms with Gasteiger partial charge in [-0.1, -0.05) is 60.7 Å². The number of hydrogen-bond donors (Lipinski definition) is 1. The largest absolute Gasteiger partial charge is 0.370 e. The fraction of sp³-hybridized carbons (Fsp3) is 0.308. The molecule has 3 aromatic rings. The molecule has 0 saturated heterocycles. The van der Waals surface area contributed by atoms with Crippen molar-refractivity contribution in [2.24, 2.45) is 0 Å². The summed E-state index contributed by atoms with van der Waals surface area (Å²) in [7, 11) is 0. The first-order valence-electron chi connectivity index (χ1n) is 10.4. The summed E-state index contributed by atoms with van der Waals surface area (Å²) in [6.45, 7) is 6.74. The topological polar surface area (TPSA) is 57.9 Å². The molecule has 152 valence electrons. The zero-order chi connectivity index (χ0) is 21.1. The highest BCUT2D eigenvalue weighted by molar-refractivity contribution is 5.72. The lowest BCUT2D eigenvalue weighted by molar-refractivity contribution is -0.0400. The van der Waals surface area contributed by atoms with Crippen molar-refractivity contribution in [2.45, 2.75) is 51.9 Å². The van der Waals surface area contributed by atoms with Crippen LogP contribution in [-0.2, 0) is 24.2 Å². The minimum Gasteiger partial charge on any atom is -0.370 e. The number of anilines is 1. The van der Waals surface area contributed by atoms with Crippen molar-refractivity contribution in [3.63, 3.8) is 0 Å². The Kier molecular flexibility index (Phi) is 5.57. The number of fused-ring (bicyclic) bond motifs is 1. The Bertz CT molecular complexity index is 1070. The zero-order valence-electron chi connectivity index (χ0n) is 17.8. The number of ether oxygens (including phenoxy) is 1. The van der Waals surface area contributed by atoms with Crippen molar-refractivity contribution in [3.05, 3.63) is 82.9 Å². The van der Waals surface area contributed by atoms with E-state index in [1.54, 1.807) is 0 Å². The van der Waals surface area contributed by atoms with Gasteiger partial charge in [-0.05, 0) is 38.3 Å². The van der Waals surface area contributed by atoms with Crippen LogP contribution in [0.2, 0.25) is 0 Å². The molecule has 0 unspecified atom stereocenters. The quantitative estimate of drug-likeness (QED) is 0.616. The molecule has 2 heterocycles. The molecule has 1 aromatic heterocycles. The Morgan fingerprint density at radius 3 is 2.40 bits per heavy atom. The molecule has 1 aliphatic heterocycles. The first kappa shape index (κ1) is 20.1. The molecule has 0 bridgehead atoms. The number of rotatable bonds is 5. The molecule has 4 rings (SSSR count). The maximum Gasteiger partial charge on any atom is 0.145 e. The molecule has 0 spiro atoms. The second-order valence-electron chi connectivity index (χ2n) is 8.58. The van der Waals surface area contributed by atoms with Gasteiger partial charge in [-0.2, -0.15) is 5.26 Å². The summed E-state index contributed by atoms with van der Waals surface area (Å²) in [4.78, 5) is 4.94. The van der Waals surface area contributed by atoms with Crippen molar-refractivity contribution < 1.29 is 4.74 Å². The Morgan fingerprint density at radius 1 is 1.07 bits per heavy atom. The normalized spacial score (nSPS) is 15.7. The van der Waals surface area contributed by atoms with Crippen LogP contribution in [0.3, 0.4) is 0 Å². The molecule has 0 radical (unpaired) electrons. The summed E-state index contributed by atoms with van der Waals surface area (Å²) >= 11 is 0. The molecule has 1 atom stereocenters. The van der Waals surface area contributed by atoms with E-state index in [4.69, 9.17) is 9.72 Å². The van der Waals surface area contributed by atoms with Crippen LogP contribution in [0, 0.1) is 11.3 Å². The van der Waals surface area contributed by atoms with Gasteiger partial charge in [0.15, 0.2) is 0 Å². The van der Waals surface area contributed by atoms with Crippen LogP contribution in [0.4, 0.5) is 5.82 Å². The lowest BCUT2D eigenvalue weighted by atomic mass is 9.87. The van der Waals surface area contributed by atoms with Crippen molar-refractivity contribution in [3.8, 4) is 17.3 Å². The van der Waals surface area contributed by atoms with Gasteiger partial charge in [0.25, 0.3) is 0 Å². The number of pyridine rings is 1. The van der Waals surface area contributed by atoms with Crippen LogP contribution in [-0.4, -0.2) is 16.6 Å². The highest BCUT2D eigenvalue weighted by Crippen LogP contribution is 2.38. The second-order valence-corrected chi connectivity index (χ2v) is 8.58. The van der Waals surface area contributed by atoms with Crippen molar-refractivity contribution in [1.82, 2.24) is 4.98 Å². The molecule has 0 amide bonds. The predicted molar refractivity (Wildman–Crippen MR) is 120 cm³/mol. The summed E-state index contributed by atoms with van der Waals surface area (Å²) in [6, 6.07) is 23.1. The van der Waals surface area contributed by atoms with E-state index in [-0.39, 0.29) is 11.6 Å². The van der Waals surface area contributed by atoms with Gasteiger partial charge in [-0.25, -0.2) is 4.98 Å². The standard InChI is InChI=1S/C26H27N3O/c1-18(14-19-10-6-4-7-11-19)28-25-22(16-27)21-15-26(2,3)30-17-23(21)24(29-25)20-12-8-5-9-13-20/h4-13,18H,14-15,17H2,1-3H3,(H,28,29)/t18-/m0/s1. The van der Waals surface area contributed by atoms with E-state index in [9.17, 15) is 5.26 Å². The molecular formula is C26H27N3O. The van der Waals surface area contributed by atoms with Crippen LogP contribution in [0.15, 0.2) is 60.7 Å². The maximum absolute atomic E-state index is 10.0. The van der Waals surface area contributed by atoms with Gasteiger partial charge < -0.3 is 10.1 Å². The molecular weight excluding hydrogens is 370 g/mol. The zero-order valence-corrected chi connectivity index (χ0v) is 17.8. The minimum atomic E-state index is -0.305. The molecule has 0 aliphatic carbocycles. The number of nitrogens with zero attached hydrogens (tertiary/aromatic N) is 2. The highest BCUT2D eigenvalue weighted by atomic mass is 16.5. The summed E-state index contributed by atoms with van der Waals surface area (Å²) in [6.07, 6.45) is 1.55. The maximum atomic E-state index is 10.0. The van der Waals surface area contributed by atoms with Gasteiger partial charge in [-0.3, -0.25) is 0 Å². The Morgan fingerprint density at radius 2 is 1.73 bits per heavy atom. The lowest BCUT2D eigenvalue weighted by Gasteiger charge is -2.34. The summed E-state index contributed by atoms with van der Waals surface area (Å²) in [5.74, 6) is 0.663. The highest BCUT2D eigenvalue weighted by Gasteiger charge is 2.32. The predicted octanol–water partition coefficient (Wildman–Crippen LogP) is 5.51. The molecule has 0 saturated carbocycles. The minimum absolute atomic E-state index is 0.140. The van der Waals surface area contributed by atoms with Gasteiger partial charge in [0.1, 0.15) is 11.9 Å². The van der Waals surface area contributed by atoms with Gasteiger partial charge in [0.2, 0.25) is 0 Å². The molecule has 4 nitrogen and oxygen atoms in total. The van der Waals surface area contributed by atoms with Crippen LogP contribution in [0.25, 0.3) is 11.3 Å². The third-order valence-electron chi connectivity index (χ3n) is 5.55. The summed E-state index contributed by atoms with van der Waals surface area (Å²) in [5.41, 5.74) is 5.61. The summed E-state index contributed by atoms with van der Waals surface area (Å²) < 4.78 is 6.08. The first-order valence-corrected chi connectivity index (χ1v) is 10.4. The van der Waals surface area contributed by atoms with Crippen LogP contribution < -0.4 is 5.32 Å². The number of nitrogens with one attached hydrogen (secondary N) is 1. The molecule has 0 fully saturated rings. The SMILES string of the molecule is C[C@@H](Cc1ccccc1)Nc1nc(-c2ccccc2)c2c(c1C#N)CC(C)(C)OC2. The average molecular weight is 398 g/mol. The van der Waals surface area contributed by atoms with E-state index in [1.165, 1.54) is 5.56 Å². The van der Waals surface area contributed by atoms with Gasteiger partial charge >= 0.3 is 0 Å². The summed E-state index contributed by atoms with van der Waals surface area (Å²) in [5, 5.41) is 13.6. The van der Waals surface area contributed by atoms with Crippen molar-refractivity contribution >= 4 is 5.82 Å². The van der Waals surface area contributed by atoms with Crippen LogP contribution >= 0.6 is 0 Å². The molecule has 1 aliphatic rings. The fourth-order valence-electron chi connectivity index (χ4n) is 4.08. The van der Waals surface area contributed by atoms with E-state index < -0.39 is 0 Å². The van der Waals surface area contributed by atoms with Crippen molar-refractivity contribution in [1.29, 1.82) is 5.26 Å². The van der Waals surface area contributed by atoms with E-state index in [0.29, 0.717) is 24.4 Å². The van der Waals surface area contributed by atoms with E-state index >= 15 is 0 Å². The lowest BCUT2D eigenvalue weighted by Crippen LogP contribution is -2.33. The molecule has 1 N–H and O–H groups in total. The van der Waals surface area contributed by atoms with Crippen LogP contribution in [0.5, 0.6) is 0 Å². The Balaban J connectivity index is 1.77. The third-order valence-corrected chi connectivity index (χ3v) is 5.55. The number of nitriles is 1. The van der Waals surface area contributed by atoms with E-state index in [0.717, 1.165) is 28.8 Å². The van der Waals surface area contributed by atoms with Crippen LogP contribution in [0.1, 0.15) is 43.0 Å². The first-order chi connectivity index (χ1) is 14.5. The molecule has 4 heteroatoms. The smallest absolute Gasteiger partial charge is 0.145 e. The van der Waals surface area contributed by atoms with E-state index in [2.05, 4.69) is 68.6 Å². The van der Waals surface area contributed by atoms with E-state index in [1.807, 2.05) is 24.3 Å². The number of benzene rings is 2. The Hall–Kier alpha value is -3.16. The third kappa shape index (κ3) is 4.22. The average Bonchev–Trinajstić information content (AvgIpc) is 2.73. The molecule has 2 aromatic carbocycles. The fourth-order valence-corrected chi connectivity index (χ4v) is 4.08.